The van der Waals surface area contributed by atoms with Crippen LogP contribution < -0.4 is 25.8 Å². The molecule has 4 bridgehead atoms. The van der Waals surface area contributed by atoms with Gasteiger partial charge in [-0.25, -0.2) is 4.79 Å². The maximum absolute atomic E-state index is 13.4. The first-order chi connectivity index (χ1) is 17.1. The minimum Gasteiger partial charge on any atom is -0.496 e. The van der Waals surface area contributed by atoms with Gasteiger partial charge in [0.25, 0.3) is 0 Å². The third kappa shape index (κ3) is 5.41. The van der Waals surface area contributed by atoms with E-state index in [1.165, 1.54) is 33.1 Å². The molecule has 0 saturated heterocycles. The van der Waals surface area contributed by atoms with E-state index in [2.05, 4.69) is 10.6 Å². The molecule has 1 aliphatic heterocycles. The number of carbonyl (C=O) groups excluding carboxylic acids is 3. The second-order valence-electron chi connectivity index (χ2n) is 8.44. The number of methoxy groups -OCH3 is 2. The van der Waals surface area contributed by atoms with Crippen molar-refractivity contribution in [2.24, 2.45) is 5.73 Å². The van der Waals surface area contributed by atoms with Crippen molar-refractivity contribution in [2.45, 2.75) is 31.5 Å². The highest BCUT2D eigenvalue weighted by molar-refractivity contribution is 5.94. The number of ether oxygens (including phenoxy) is 2. The SMILES string of the molecule is COc1ccc2cc1-c1cc(ccc1OC)[C@H](N(C)C(=O)CN)C(=O)N[C@@H](C)C(=O)N[C@H](C(=O)O)C2. The molecule has 0 saturated carbocycles. The van der Waals surface area contributed by atoms with Crippen LogP contribution in [0.15, 0.2) is 36.4 Å². The molecule has 11 nitrogen and oxygen atoms in total. The molecule has 36 heavy (non-hydrogen) atoms. The summed E-state index contributed by atoms with van der Waals surface area (Å²) >= 11 is 0. The Balaban J connectivity index is 2.29. The number of carboxylic acid groups (broad SMARTS) is 1. The Morgan fingerprint density at radius 1 is 1.03 bits per heavy atom. The summed E-state index contributed by atoms with van der Waals surface area (Å²) in [5.74, 6) is -2.07. The largest absolute Gasteiger partial charge is 0.496 e. The van der Waals surface area contributed by atoms with Gasteiger partial charge < -0.3 is 35.8 Å². The highest BCUT2D eigenvalue weighted by Gasteiger charge is 2.32. The molecule has 2 aromatic rings. The van der Waals surface area contributed by atoms with Gasteiger partial charge >= 0.3 is 5.97 Å². The van der Waals surface area contributed by atoms with E-state index < -0.39 is 41.8 Å². The highest BCUT2D eigenvalue weighted by Crippen LogP contribution is 2.39. The van der Waals surface area contributed by atoms with Crippen LogP contribution >= 0.6 is 0 Å². The zero-order valence-corrected chi connectivity index (χ0v) is 20.5. The molecule has 192 valence electrons. The maximum Gasteiger partial charge on any atom is 0.326 e. The molecule has 0 spiro atoms. The monoisotopic (exact) mass is 498 g/mol. The summed E-state index contributed by atoms with van der Waals surface area (Å²) in [5.41, 5.74) is 7.79. The van der Waals surface area contributed by atoms with Gasteiger partial charge in [-0.1, -0.05) is 12.1 Å². The van der Waals surface area contributed by atoms with Crippen LogP contribution in [0.1, 0.15) is 24.1 Å². The second-order valence-corrected chi connectivity index (χ2v) is 8.44. The number of hydrogen-bond donors (Lipinski definition) is 4. The average Bonchev–Trinajstić information content (AvgIpc) is 2.86. The van der Waals surface area contributed by atoms with E-state index in [1.54, 1.807) is 36.4 Å². The van der Waals surface area contributed by atoms with E-state index in [0.717, 1.165) is 0 Å². The van der Waals surface area contributed by atoms with Crippen molar-refractivity contribution in [1.29, 1.82) is 0 Å². The normalized spacial score (nSPS) is 19.9. The Hall–Kier alpha value is -4.12. The van der Waals surface area contributed by atoms with Gasteiger partial charge in [0.05, 0.1) is 20.8 Å². The number of nitrogens with one attached hydrogen (secondary N) is 2. The van der Waals surface area contributed by atoms with Crippen LogP contribution in [0.5, 0.6) is 11.5 Å². The molecule has 0 unspecified atom stereocenters. The number of aliphatic carboxylic acids is 1. The Morgan fingerprint density at radius 3 is 2.22 bits per heavy atom. The zero-order chi connectivity index (χ0) is 26.6. The molecule has 5 N–H and O–H groups in total. The molecule has 0 aromatic heterocycles. The lowest BCUT2D eigenvalue weighted by Gasteiger charge is -2.29. The summed E-state index contributed by atoms with van der Waals surface area (Å²) < 4.78 is 11.1. The fraction of sp³-hybridized carbons (Fsp3) is 0.360. The van der Waals surface area contributed by atoms with Crippen molar-refractivity contribution in [1.82, 2.24) is 15.5 Å². The zero-order valence-electron chi connectivity index (χ0n) is 20.5. The minimum atomic E-state index is -1.24. The van der Waals surface area contributed by atoms with Gasteiger partial charge in [-0.15, -0.1) is 0 Å². The lowest BCUT2D eigenvalue weighted by molar-refractivity contribution is -0.142. The molecule has 0 fully saturated rings. The van der Waals surface area contributed by atoms with Gasteiger partial charge in [0.2, 0.25) is 17.7 Å². The standard InChI is InChI=1S/C25H30N4O7/c1-13-23(31)28-18(25(33)34)10-14-5-7-19(35-3)16(9-14)17-11-15(6-8-20(17)36-4)22(24(32)27-13)29(2)21(30)12-26/h5-9,11,13,18,22H,10,12,26H2,1-4H3,(H,27,32)(H,28,31)(H,33,34)/t13-,18-,22-/m0/s1. The lowest BCUT2D eigenvalue weighted by Crippen LogP contribution is -2.53. The lowest BCUT2D eigenvalue weighted by atomic mass is 9.93. The van der Waals surface area contributed by atoms with Gasteiger partial charge in [-0.3, -0.25) is 14.4 Å². The molecule has 3 rings (SSSR count). The summed E-state index contributed by atoms with van der Waals surface area (Å²) in [6.07, 6.45) is -0.00287. The van der Waals surface area contributed by atoms with Crippen molar-refractivity contribution in [3.63, 3.8) is 0 Å². The van der Waals surface area contributed by atoms with Gasteiger partial charge in [-0.2, -0.15) is 0 Å². The molecule has 3 atom stereocenters. The first-order valence-corrected chi connectivity index (χ1v) is 11.3. The topological polar surface area (TPSA) is 160 Å². The van der Waals surface area contributed by atoms with Gasteiger partial charge in [0.1, 0.15) is 29.6 Å². The summed E-state index contributed by atoms with van der Waals surface area (Å²) in [5, 5.41) is 14.8. The number of benzene rings is 2. The van der Waals surface area contributed by atoms with Crippen LogP contribution in [0.2, 0.25) is 0 Å². The van der Waals surface area contributed by atoms with E-state index in [0.29, 0.717) is 33.8 Å². The molecule has 0 aliphatic carbocycles. The fourth-order valence-corrected chi connectivity index (χ4v) is 4.13. The molecular formula is C25H30N4O7. The van der Waals surface area contributed by atoms with Crippen molar-refractivity contribution in [2.75, 3.05) is 27.8 Å². The van der Waals surface area contributed by atoms with Crippen molar-refractivity contribution in [3.8, 4) is 22.6 Å². The summed E-state index contributed by atoms with van der Waals surface area (Å²) in [4.78, 5) is 51.8. The minimum absolute atomic E-state index is 0.00287. The van der Waals surface area contributed by atoms with Crippen LogP contribution in [-0.2, 0) is 25.6 Å². The predicted molar refractivity (Wildman–Crippen MR) is 130 cm³/mol. The first-order valence-electron chi connectivity index (χ1n) is 11.3. The first kappa shape index (κ1) is 26.5. The third-order valence-electron chi connectivity index (χ3n) is 6.10. The molecule has 1 heterocycles. The molecule has 0 radical (unpaired) electrons. The van der Waals surface area contributed by atoms with E-state index in [9.17, 15) is 24.3 Å². The van der Waals surface area contributed by atoms with Gasteiger partial charge in [-0.05, 0) is 42.3 Å². The van der Waals surface area contributed by atoms with Crippen molar-refractivity contribution >= 4 is 23.7 Å². The molecule has 1 aliphatic rings. The Morgan fingerprint density at radius 2 is 1.64 bits per heavy atom. The number of carboxylic acids is 1. The van der Waals surface area contributed by atoms with Gasteiger partial charge in [0.15, 0.2) is 0 Å². The maximum atomic E-state index is 13.4. The van der Waals surface area contributed by atoms with Gasteiger partial charge in [0, 0.05) is 24.6 Å². The Labute approximate surface area is 208 Å². The predicted octanol–water partition coefficient (Wildman–Crippen LogP) is 0.459. The van der Waals surface area contributed by atoms with Crippen molar-refractivity contribution < 1.29 is 33.8 Å². The molecule has 11 heteroatoms. The number of nitrogens with two attached hydrogens (primary N) is 1. The number of carbonyl (C=O) groups is 4. The van der Waals surface area contributed by atoms with E-state index in [-0.39, 0.29) is 13.0 Å². The summed E-state index contributed by atoms with van der Waals surface area (Å²) in [6.45, 7) is 1.11. The number of likely N-dealkylation sites (N-methyl/N-ethyl adjacent to an activating group) is 1. The smallest absolute Gasteiger partial charge is 0.326 e. The number of rotatable bonds is 5. The van der Waals surface area contributed by atoms with Crippen LogP contribution in [-0.4, -0.2) is 73.6 Å². The molecule has 3 amide bonds. The van der Waals surface area contributed by atoms with E-state index in [1.807, 2.05) is 0 Å². The summed E-state index contributed by atoms with van der Waals surface area (Å²) in [6, 6.07) is 6.74. The fourth-order valence-electron chi connectivity index (χ4n) is 4.13. The molecule has 2 aromatic carbocycles. The van der Waals surface area contributed by atoms with E-state index >= 15 is 0 Å². The third-order valence-corrected chi connectivity index (χ3v) is 6.10. The summed E-state index contributed by atoms with van der Waals surface area (Å²) in [7, 11) is 4.44. The van der Waals surface area contributed by atoms with E-state index in [4.69, 9.17) is 15.2 Å². The Kier molecular flexibility index (Phi) is 8.15. The van der Waals surface area contributed by atoms with Crippen LogP contribution in [0, 0.1) is 0 Å². The second kappa shape index (κ2) is 11.1. The quantitative estimate of drug-likeness (QED) is 0.462. The number of fused-ring (bicyclic) bond motifs is 5. The average molecular weight is 499 g/mol. The van der Waals surface area contributed by atoms with Crippen LogP contribution in [0.25, 0.3) is 11.1 Å². The molecular weight excluding hydrogens is 468 g/mol. The number of amides is 3. The highest BCUT2D eigenvalue weighted by atomic mass is 16.5. The number of nitrogens with zero attached hydrogens (tertiary/aromatic N) is 1. The van der Waals surface area contributed by atoms with Crippen molar-refractivity contribution in [3.05, 3.63) is 47.5 Å². The Bertz CT molecular complexity index is 1180. The number of hydrogen-bond acceptors (Lipinski definition) is 7. The van der Waals surface area contributed by atoms with Crippen LogP contribution in [0.4, 0.5) is 0 Å². The van der Waals surface area contributed by atoms with Crippen LogP contribution in [0.3, 0.4) is 0 Å².